The number of fused-ring (bicyclic) bond motifs is 1. The molecular weight excluding hydrogens is 306 g/mol. The molecule has 3 rings (SSSR count). The number of nitrogens with one attached hydrogen (secondary N) is 1. The number of anilines is 1. The molecule has 0 bridgehead atoms. The Morgan fingerprint density at radius 1 is 1.21 bits per heavy atom. The van der Waals surface area contributed by atoms with Gasteiger partial charge in [0.25, 0.3) is 0 Å². The van der Waals surface area contributed by atoms with Crippen molar-refractivity contribution in [3.63, 3.8) is 0 Å². The summed E-state index contributed by atoms with van der Waals surface area (Å²) in [5, 5.41) is 2.94. The van der Waals surface area contributed by atoms with Gasteiger partial charge in [0, 0.05) is 44.7 Å². The van der Waals surface area contributed by atoms with Gasteiger partial charge in [-0.05, 0) is 24.5 Å². The first-order chi connectivity index (χ1) is 11.6. The normalized spacial score (nSPS) is 17.8. The molecule has 0 unspecified atom stereocenters. The zero-order chi connectivity index (χ0) is 17.1. The molecular formula is C18H23N3O3. The average Bonchev–Trinajstić information content (AvgIpc) is 2.90. The average molecular weight is 329 g/mol. The van der Waals surface area contributed by atoms with Crippen LogP contribution in [0.25, 0.3) is 0 Å². The molecule has 2 heterocycles. The van der Waals surface area contributed by atoms with Gasteiger partial charge in [-0.2, -0.15) is 0 Å². The third-order valence-electron chi connectivity index (χ3n) is 4.87. The highest BCUT2D eigenvalue weighted by Gasteiger charge is 2.28. The number of amides is 3. The molecule has 128 valence electrons. The van der Waals surface area contributed by atoms with E-state index in [2.05, 4.69) is 5.32 Å². The van der Waals surface area contributed by atoms with E-state index in [1.54, 1.807) is 16.7 Å². The molecule has 1 saturated heterocycles. The molecule has 6 heteroatoms. The van der Waals surface area contributed by atoms with E-state index in [9.17, 15) is 14.4 Å². The lowest BCUT2D eigenvalue weighted by Gasteiger charge is -2.30. The molecule has 0 radical (unpaired) electrons. The number of piperidine rings is 1. The molecule has 1 aromatic carbocycles. The third-order valence-corrected chi connectivity index (χ3v) is 4.87. The zero-order valence-corrected chi connectivity index (χ0v) is 14.0. The highest BCUT2D eigenvalue weighted by molar-refractivity contribution is 6.01. The molecule has 0 aromatic heterocycles. The first-order valence-corrected chi connectivity index (χ1v) is 8.48. The largest absolute Gasteiger partial charge is 0.354 e. The van der Waals surface area contributed by atoms with Crippen molar-refractivity contribution in [1.29, 1.82) is 0 Å². The minimum absolute atomic E-state index is 0.0260. The van der Waals surface area contributed by atoms with Crippen LogP contribution in [0.1, 0.15) is 25.3 Å². The number of likely N-dealkylation sites (tertiary alicyclic amines) is 1. The number of carbonyl (C=O) groups is 3. The number of rotatable bonds is 4. The predicted molar refractivity (Wildman–Crippen MR) is 90.5 cm³/mol. The van der Waals surface area contributed by atoms with Gasteiger partial charge in [-0.1, -0.05) is 18.2 Å². The lowest BCUT2D eigenvalue weighted by Crippen LogP contribution is -2.44. The summed E-state index contributed by atoms with van der Waals surface area (Å²) in [6.45, 7) is 3.79. The van der Waals surface area contributed by atoms with E-state index in [0.29, 0.717) is 45.4 Å². The maximum Gasteiger partial charge on any atom is 0.231 e. The summed E-state index contributed by atoms with van der Waals surface area (Å²) in [6, 6.07) is 7.77. The minimum Gasteiger partial charge on any atom is -0.354 e. The number of carbonyl (C=O) groups excluding carboxylic acids is 3. The van der Waals surface area contributed by atoms with Crippen molar-refractivity contribution in [2.24, 2.45) is 5.92 Å². The van der Waals surface area contributed by atoms with Crippen molar-refractivity contribution in [2.75, 3.05) is 31.1 Å². The van der Waals surface area contributed by atoms with Gasteiger partial charge in [0.1, 0.15) is 0 Å². The van der Waals surface area contributed by atoms with E-state index in [1.807, 2.05) is 24.3 Å². The number of nitrogens with zero attached hydrogens (tertiary/aromatic N) is 2. The zero-order valence-electron chi connectivity index (χ0n) is 14.0. The number of benzene rings is 1. The van der Waals surface area contributed by atoms with Crippen LogP contribution in [0.2, 0.25) is 0 Å². The van der Waals surface area contributed by atoms with E-state index < -0.39 is 0 Å². The second kappa shape index (κ2) is 7.03. The van der Waals surface area contributed by atoms with Crippen molar-refractivity contribution in [2.45, 2.75) is 26.2 Å². The molecule has 1 fully saturated rings. The fourth-order valence-corrected chi connectivity index (χ4v) is 3.45. The second-order valence-electron chi connectivity index (χ2n) is 6.42. The standard InChI is InChI=1S/C18H23N3O3/c1-13(22)20-9-6-14(7-10-20)18(24)19-8-11-21-16-5-3-2-4-15(16)12-17(21)23/h2-5,14H,6-12H2,1H3,(H,19,24). The summed E-state index contributed by atoms with van der Waals surface area (Å²) >= 11 is 0. The highest BCUT2D eigenvalue weighted by atomic mass is 16.2. The second-order valence-corrected chi connectivity index (χ2v) is 6.42. The van der Waals surface area contributed by atoms with Gasteiger partial charge in [-0.3, -0.25) is 14.4 Å². The van der Waals surface area contributed by atoms with Crippen LogP contribution in [-0.2, 0) is 20.8 Å². The van der Waals surface area contributed by atoms with E-state index >= 15 is 0 Å². The summed E-state index contributed by atoms with van der Waals surface area (Å²) in [5.74, 6) is 0.139. The lowest BCUT2D eigenvalue weighted by atomic mass is 9.96. The third kappa shape index (κ3) is 3.42. The molecule has 24 heavy (non-hydrogen) atoms. The van der Waals surface area contributed by atoms with Crippen molar-refractivity contribution >= 4 is 23.4 Å². The van der Waals surface area contributed by atoms with Crippen LogP contribution in [0.4, 0.5) is 5.69 Å². The Morgan fingerprint density at radius 3 is 2.62 bits per heavy atom. The van der Waals surface area contributed by atoms with Gasteiger partial charge in [-0.25, -0.2) is 0 Å². The molecule has 6 nitrogen and oxygen atoms in total. The first kappa shape index (κ1) is 16.5. The number of hydrogen-bond acceptors (Lipinski definition) is 3. The Morgan fingerprint density at radius 2 is 1.92 bits per heavy atom. The van der Waals surface area contributed by atoms with Crippen molar-refractivity contribution in [3.05, 3.63) is 29.8 Å². The van der Waals surface area contributed by atoms with Gasteiger partial charge < -0.3 is 15.1 Å². The van der Waals surface area contributed by atoms with Gasteiger partial charge in [0.05, 0.1) is 6.42 Å². The van der Waals surface area contributed by atoms with E-state index in [1.165, 1.54) is 0 Å². The molecule has 1 aromatic rings. The Hall–Kier alpha value is -2.37. The van der Waals surface area contributed by atoms with Crippen LogP contribution in [0.5, 0.6) is 0 Å². The van der Waals surface area contributed by atoms with Crippen molar-refractivity contribution in [3.8, 4) is 0 Å². The predicted octanol–water partition coefficient (Wildman–Crippen LogP) is 0.950. The molecule has 3 amide bonds. The van der Waals surface area contributed by atoms with Crippen molar-refractivity contribution < 1.29 is 14.4 Å². The van der Waals surface area contributed by atoms with E-state index in [-0.39, 0.29) is 23.6 Å². The van der Waals surface area contributed by atoms with Crippen LogP contribution in [0, 0.1) is 5.92 Å². The first-order valence-electron chi connectivity index (χ1n) is 8.48. The molecule has 2 aliphatic rings. The monoisotopic (exact) mass is 329 g/mol. The minimum atomic E-state index is -0.0397. The summed E-state index contributed by atoms with van der Waals surface area (Å²) in [6.07, 6.45) is 1.85. The van der Waals surface area contributed by atoms with Crippen LogP contribution < -0.4 is 10.2 Å². The van der Waals surface area contributed by atoms with E-state index in [4.69, 9.17) is 0 Å². The van der Waals surface area contributed by atoms with Gasteiger partial charge in [0.2, 0.25) is 17.7 Å². The lowest BCUT2D eigenvalue weighted by molar-refractivity contribution is -0.133. The number of para-hydroxylation sites is 1. The summed E-state index contributed by atoms with van der Waals surface area (Å²) in [7, 11) is 0. The van der Waals surface area contributed by atoms with Gasteiger partial charge in [0.15, 0.2) is 0 Å². The molecule has 0 saturated carbocycles. The van der Waals surface area contributed by atoms with E-state index in [0.717, 1.165) is 11.3 Å². The molecule has 0 atom stereocenters. The van der Waals surface area contributed by atoms with Crippen LogP contribution in [0.15, 0.2) is 24.3 Å². The number of hydrogen-bond donors (Lipinski definition) is 1. The topological polar surface area (TPSA) is 69.7 Å². The van der Waals surface area contributed by atoms with Crippen LogP contribution in [-0.4, -0.2) is 48.8 Å². The molecule has 1 N–H and O–H groups in total. The molecule has 0 spiro atoms. The fraction of sp³-hybridized carbons (Fsp3) is 0.500. The van der Waals surface area contributed by atoms with Crippen molar-refractivity contribution in [1.82, 2.24) is 10.2 Å². The highest BCUT2D eigenvalue weighted by Crippen LogP contribution is 2.27. The maximum atomic E-state index is 12.3. The summed E-state index contributed by atoms with van der Waals surface area (Å²) in [4.78, 5) is 39.2. The Kier molecular flexibility index (Phi) is 4.83. The quantitative estimate of drug-likeness (QED) is 0.894. The SMILES string of the molecule is CC(=O)N1CCC(C(=O)NCCN2C(=O)Cc3ccccc32)CC1. The summed E-state index contributed by atoms with van der Waals surface area (Å²) in [5.41, 5.74) is 2.00. The smallest absolute Gasteiger partial charge is 0.231 e. The fourth-order valence-electron chi connectivity index (χ4n) is 3.45. The maximum absolute atomic E-state index is 12.3. The Labute approximate surface area is 141 Å². The Bertz CT molecular complexity index is 651. The molecule has 0 aliphatic carbocycles. The van der Waals surface area contributed by atoms with Gasteiger partial charge >= 0.3 is 0 Å². The van der Waals surface area contributed by atoms with Gasteiger partial charge in [-0.15, -0.1) is 0 Å². The van der Waals surface area contributed by atoms with Crippen LogP contribution >= 0.6 is 0 Å². The molecule has 2 aliphatic heterocycles. The Balaban J connectivity index is 1.46. The summed E-state index contributed by atoms with van der Waals surface area (Å²) < 4.78 is 0. The van der Waals surface area contributed by atoms with Crippen LogP contribution in [0.3, 0.4) is 0 Å².